The zero-order valence-corrected chi connectivity index (χ0v) is 78.0. The average Bonchev–Trinajstić information content (AvgIpc) is 1.79. The first kappa shape index (κ1) is 98.1. The predicted molar refractivity (Wildman–Crippen MR) is 520 cm³/mol. The van der Waals surface area contributed by atoms with Crippen LogP contribution >= 0.6 is 0 Å². The van der Waals surface area contributed by atoms with Gasteiger partial charge in [-0.3, -0.25) is 0 Å². The number of anilines is 8. The third kappa shape index (κ3) is 21.0. The molecule has 0 fully saturated rings. The lowest BCUT2D eigenvalue weighted by Gasteiger charge is -2.33. The number of alkyl halides is 15. The molecule has 6 aliphatic rings. The van der Waals surface area contributed by atoms with Crippen LogP contribution in [0.2, 0.25) is 0 Å². The fourth-order valence-corrected chi connectivity index (χ4v) is 19.7. The Kier molecular flexibility index (Phi) is 27.0. The Morgan fingerprint density at radius 2 is 0.531 bits per heavy atom. The number of aryl methyl sites for hydroxylation is 3. The molecule has 145 heavy (non-hydrogen) atoms. The van der Waals surface area contributed by atoms with Crippen LogP contribution in [0.15, 0.2) is 220 Å². The standard InChI is InChI=1S/2C18H17F3N4.C17H16F3N5.C17H19N5.2C16H13F3N4O/c2*1-10-6-7-11-4-2-3-5-12(11)15(10)25-17-13-8-14(18(19,20)21)24-16(13)22-9-23-17;1-25-7-6-12(10-4-2-3-5-13(10)25)23-15-11-8-14(17(18,19)20)24-16(11)22-9-21-15;1-11-9-13-16(20-11)18-10-19-17(13)21-14-7-8-22(2)15-6-4-3-5-12(14)15;2*17-16(18,19)12-6-10-14(22-12)20-7-21-15(10)23-13-9-4-2-1-3-8(9)5-11(13)24/h2*2-5,8-10,15H,6-7H2,1H3,(H2,22,23,24,25);2-5,8-9,12H,6-7H2,1H3,(H2,21,22,23,24);3-6,9-10,14H,7-8H2,1-2H3,(H2,18,19,20,21);2*1-4,6-7,11,13,24H,5H2,(H2,20,21,22,23)/t10-,15+;10-,15-;12-;;2*11-,13+/m000.10/s1. The smallest absolute Gasteiger partial charge is 0.390 e. The summed E-state index contributed by atoms with van der Waals surface area (Å²) in [5.74, 6) is 3.36. The SMILES string of the molecule is CN1CC[C@H](Nc2ncnc3[nH]c(C(F)(F)F)cc23)c2ccccc21.C[C@H]1CCc2ccccc2[C@@H]1Nc1ncnc2[nH]c(C(F)(F)F)cc12.C[C@H]1CCc2ccccc2[C@H]1Nc1ncnc2[nH]c(C(F)(F)F)cc12.Cc1cc2c(NC3CCN(C)c4ccccc43)ncnc2[nH]1.O[C@@H]1Cc2ccccc2[C@@H]1Nc1ncnc2[nH]c(C(F)(F)F)cc12.O[C@H]1Cc2ccccc2[C@H]1Nc1ncnc2[nH]c(C(F)(F)F)cc12. The molecule has 0 saturated heterocycles. The van der Waals surface area contributed by atoms with Crippen molar-refractivity contribution in [3.63, 3.8) is 0 Å². The summed E-state index contributed by atoms with van der Waals surface area (Å²) < 4.78 is 194. The Balaban J connectivity index is 0.000000110. The van der Waals surface area contributed by atoms with Crippen molar-refractivity contribution in [3.05, 3.63) is 310 Å². The number of benzene rings is 6. The zero-order chi connectivity index (χ0) is 102. The second-order valence-corrected chi connectivity index (χ2v) is 36.6. The van der Waals surface area contributed by atoms with Crippen LogP contribution in [0.3, 0.4) is 0 Å². The number of aliphatic hydroxyl groups is 2. The molecule has 10 atom stereocenters. The number of hydrogen-bond donors (Lipinski definition) is 14. The highest BCUT2D eigenvalue weighted by Crippen LogP contribution is 2.47. The van der Waals surface area contributed by atoms with E-state index in [0.29, 0.717) is 58.3 Å². The summed E-state index contributed by atoms with van der Waals surface area (Å²) in [5.41, 5.74) is 12.1. The van der Waals surface area contributed by atoms with Gasteiger partial charge in [0.2, 0.25) is 0 Å². The highest BCUT2D eigenvalue weighted by Gasteiger charge is 2.42. The van der Waals surface area contributed by atoms with Gasteiger partial charge in [-0.25, -0.2) is 59.8 Å². The number of nitrogens with one attached hydrogen (secondary N) is 12. The van der Waals surface area contributed by atoms with Crippen molar-refractivity contribution in [2.45, 2.75) is 151 Å². The molecule has 0 radical (unpaired) electrons. The second kappa shape index (κ2) is 39.9. The van der Waals surface area contributed by atoms with E-state index in [1.54, 1.807) is 6.33 Å². The predicted octanol–water partition coefficient (Wildman–Crippen LogP) is 22.7. The van der Waals surface area contributed by atoms with Gasteiger partial charge in [0.05, 0.1) is 80.8 Å². The Labute approximate surface area is 816 Å². The summed E-state index contributed by atoms with van der Waals surface area (Å²) in [4.78, 5) is 68.1. The lowest BCUT2D eigenvalue weighted by molar-refractivity contribution is -0.141. The molecule has 12 aromatic heterocycles. The number of para-hydroxylation sites is 2. The summed E-state index contributed by atoms with van der Waals surface area (Å²) in [6, 6.07) is 54.7. The highest BCUT2D eigenvalue weighted by atomic mass is 19.4. The van der Waals surface area contributed by atoms with Crippen LogP contribution in [0.4, 0.5) is 112 Å². The molecule has 28 nitrogen and oxygen atoms in total. The Morgan fingerprint density at radius 3 is 0.828 bits per heavy atom. The maximum Gasteiger partial charge on any atom is 0.431 e. The van der Waals surface area contributed by atoms with E-state index < -0.39 is 83.6 Å². The number of aromatic nitrogens is 18. The van der Waals surface area contributed by atoms with Crippen LogP contribution in [-0.2, 0) is 56.6 Å². The maximum absolute atomic E-state index is 13.0. The number of hydrogen-bond acceptors (Lipinski definition) is 22. The molecular weight excluding hydrogens is 1910 g/mol. The monoisotopic (exact) mass is 2000 g/mol. The van der Waals surface area contributed by atoms with Crippen LogP contribution in [0.1, 0.15) is 166 Å². The largest absolute Gasteiger partial charge is 0.431 e. The Hall–Kier alpha value is -15.7. The lowest BCUT2D eigenvalue weighted by atomic mass is 9.80. The normalized spacial score (nSPS) is 19.5. The summed E-state index contributed by atoms with van der Waals surface area (Å²) >= 11 is 0. The van der Waals surface area contributed by atoms with E-state index in [4.69, 9.17) is 0 Å². The number of fused-ring (bicyclic) bond motifs is 12. The van der Waals surface area contributed by atoms with Gasteiger partial charge in [-0.1, -0.05) is 147 Å². The highest BCUT2D eigenvalue weighted by molar-refractivity contribution is 5.93. The molecule has 4 aliphatic carbocycles. The number of aromatic amines is 6. The topological polar surface area (TPSA) is 369 Å². The molecule has 14 heterocycles. The van der Waals surface area contributed by atoms with Crippen molar-refractivity contribution < 1.29 is 76.1 Å². The van der Waals surface area contributed by atoms with Crippen molar-refractivity contribution >= 4 is 112 Å². The minimum atomic E-state index is -4.49. The fraction of sp³-hybridized carbons (Fsp3) is 0.294. The van der Waals surface area contributed by atoms with E-state index >= 15 is 0 Å². The number of halogens is 15. The van der Waals surface area contributed by atoms with E-state index in [9.17, 15) is 76.1 Å². The molecule has 0 saturated carbocycles. The number of nitrogens with zero attached hydrogens (tertiary/aromatic N) is 14. The van der Waals surface area contributed by atoms with Crippen molar-refractivity contribution in [1.29, 1.82) is 0 Å². The van der Waals surface area contributed by atoms with Crippen molar-refractivity contribution in [2.75, 3.05) is 68.9 Å². The Bertz CT molecular complexity index is 7400. The third-order valence-electron chi connectivity index (χ3n) is 27.0. The second-order valence-electron chi connectivity index (χ2n) is 36.6. The van der Waals surface area contributed by atoms with Crippen molar-refractivity contribution in [3.8, 4) is 0 Å². The third-order valence-corrected chi connectivity index (χ3v) is 27.0. The van der Waals surface area contributed by atoms with Crippen LogP contribution in [-0.4, -0.2) is 139 Å². The molecule has 18 aromatic rings. The maximum atomic E-state index is 13.0. The van der Waals surface area contributed by atoms with Gasteiger partial charge in [0.15, 0.2) is 0 Å². The van der Waals surface area contributed by atoms with E-state index in [0.717, 1.165) is 138 Å². The number of H-pyrrole nitrogens is 6. The molecular formula is C102H95F15N26O2. The van der Waals surface area contributed by atoms with Gasteiger partial charge in [0, 0.05) is 57.1 Å². The molecule has 43 heteroatoms. The molecule has 750 valence electrons. The van der Waals surface area contributed by atoms with Gasteiger partial charge in [0.1, 0.15) is 135 Å². The van der Waals surface area contributed by atoms with Gasteiger partial charge in [-0.2, -0.15) is 65.9 Å². The minimum Gasteiger partial charge on any atom is -0.390 e. The first-order valence-electron chi connectivity index (χ1n) is 46.6. The zero-order valence-electron chi connectivity index (χ0n) is 78.0. The number of rotatable bonds is 12. The van der Waals surface area contributed by atoms with Gasteiger partial charge < -0.3 is 81.8 Å². The molecule has 1 unspecified atom stereocenters. The van der Waals surface area contributed by atoms with E-state index in [2.05, 4.69) is 207 Å². The summed E-state index contributed by atoms with van der Waals surface area (Å²) in [6.07, 6.45) is -8.92. The van der Waals surface area contributed by atoms with Gasteiger partial charge in [0.25, 0.3) is 0 Å². The van der Waals surface area contributed by atoms with Crippen molar-refractivity contribution in [2.24, 2.45) is 11.8 Å². The van der Waals surface area contributed by atoms with Crippen LogP contribution in [0, 0.1) is 18.8 Å². The molecule has 2 aliphatic heterocycles. The van der Waals surface area contributed by atoms with E-state index in [-0.39, 0.29) is 74.8 Å². The summed E-state index contributed by atoms with van der Waals surface area (Å²) in [6.45, 7) is 8.21. The van der Waals surface area contributed by atoms with Crippen LogP contribution in [0.25, 0.3) is 66.2 Å². The Morgan fingerprint density at radius 1 is 0.290 bits per heavy atom. The van der Waals surface area contributed by atoms with E-state index in [1.165, 1.54) is 65.1 Å². The van der Waals surface area contributed by atoms with Crippen molar-refractivity contribution in [1.82, 2.24) is 89.7 Å². The molecule has 0 bridgehead atoms. The van der Waals surface area contributed by atoms with Crippen LogP contribution in [0.5, 0.6) is 0 Å². The fourth-order valence-electron chi connectivity index (χ4n) is 19.7. The van der Waals surface area contributed by atoms with E-state index in [1.807, 2.05) is 111 Å². The minimum absolute atomic E-state index is 0.00675. The summed E-state index contributed by atoms with van der Waals surface area (Å²) in [5, 5.41) is 42.9. The quantitative estimate of drug-likeness (QED) is 0.0505. The van der Waals surface area contributed by atoms with Gasteiger partial charge in [-0.05, 0) is 161 Å². The number of aliphatic hydroxyl groups excluding tert-OH is 2. The van der Waals surface area contributed by atoms with Gasteiger partial charge >= 0.3 is 30.9 Å². The average molecular weight is 2000 g/mol. The molecule has 14 N–H and O–H groups in total. The molecule has 24 rings (SSSR count). The molecule has 0 spiro atoms. The van der Waals surface area contributed by atoms with Crippen LogP contribution < -0.4 is 41.7 Å². The first-order valence-corrected chi connectivity index (χ1v) is 46.6. The summed E-state index contributed by atoms with van der Waals surface area (Å²) in [7, 11) is 4.17. The lowest BCUT2D eigenvalue weighted by Crippen LogP contribution is -2.30. The molecule has 0 amide bonds. The first-order chi connectivity index (χ1) is 69.4. The molecule has 6 aromatic carbocycles. The van der Waals surface area contributed by atoms with Gasteiger partial charge in [-0.15, -0.1) is 0 Å².